The number of para-hydroxylation sites is 1. The smallest absolute Gasteiger partial charge is 0.315 e. The van der Waals surface area contributed by atoms with E-state index in [1.54, 1.807) is 7.11 Å². The maximum absolute atomic E-state index is 11.7. The first-order valence-corrected chi connectivity index (χ1v) is 8.42. The van der Waals surface area contributed by atoms with Crippen molar-refractivity contribution in [2.24, 2.45) is 0 Å². The molecule has 7 heteroatoms. The van der Waals surface area contributed by atoms with Crippen molar-refractivity contribution in [1.82, 2.24) is 20.2 Å². The van der Waals surface area contributed by atoms with Gasteiger partial charge in [0.25, 0.3) is 0 Å². The Hall–Kier alpha value is -2.54. The van der Waals surface area contributed by atoms with Crippen LogP contribution in [0.25, 0.3) is 11.3 Å². The van der Waals surface area contributed by atoms with E-state index in [2.05, 4.69) is 20.2 Å². The van der Waals surface area contributed by atoms with Crippen molar-refractivity contribution in [3.8, 4) is 17.0 Å². The predicted molar refractivity (Wildman–Crippen MR) is 94.5 cm³/mol. The van der Waals surface area contributed by atoms with E-state index in [1.165, 1.54) is 0 Å². The maximum atomic E-state index is 11.7. The Morgan fingerprint density at radius 3 is 3.00 bits per heavy atom. The summed E-state index contributed by atoms with van der Waals surface area (Å²) < 4.78 is 13.3. The highest BCUT2D eigenvalue weighted by Crippen LogP contribution is 2.29. The number of benzene rings is 1. The highest BCUT2D eigenvalue weighted by molar-refractivity contribution is 5.74. The molecule has 25 heavy (non-hydrogen) atoms. The van der Waals surface area contributed by atoms with Crippen molar-refractivity contribution in [1.29, 1.82) is 0 Å². The first-order chi connectivity index (χ1) is 12.1. The number of rotatable bonds is 5. The molecule has 0 fully saturated rings. The Morgan fingerprint density at radius 2 is 2.24 bits per heavy atom. The molecule has 1 aromatic heterocycles. The summed E-state index contributed by atoms with van der Waals surface area (Å²) in [7, 11) is 1.65. The molecule has 2 aromatic rings. The minimum Gasteiger partial charge on any atom is -0.496 e. The Kier molecular flexibility index (Phi) is 5.23. The van der Waals surface area contributed by atoms with Crippen molar-refractivity contribution in [2.75, 3.05) is 13.7 Å². The molecule has 0 radical (unpaired) electrons. The second-order valence-corrected chi connectivity index (χ2v) is 6.34. The van der Waals surface area contributed by atoms with Crippen LogP contribution in [0.3, 0.4) is 0 Å². The lowest BCUT2D eigenvalue weighted by Crippen LogP contribution is -2.44. The van der Waals surface area contributed by atoms with Crippen LogP contribution in [0.2, 0.25) is 0 Å². The molecule has 134 valence electrons. The molecule has 1 atom stereocenters. The van der Waals surface area contributed by atoms with Crippen LogP contribution >= 0.6 is 0 Å². The number of methoxy groups -OCH3 is 1. The van der Waals surface area contributed by atoms with E-state index in [1.807, 2.05) is 44.3 Å². The van der Waals surface area contributed by atoms with Crippen LogP contribution in [0.15, 0.2) is 30.5 Å². The first kappa shape index (κ1) is 17.3. The minimum atomic E-state index is -0.176. The summed E-state index contributed by atoms with van der Waals surface area (Å²) in [5.41, 5.74) is 1.82. The summed E-state index contributed by atoms with van der Waals surface area (Å²) in [4.78, 5) is 16.3. The van der Waals surface area contributed by atoms with Crippen LogP contribution < -0.4 is 15.4 Å². The van der Waals surface area contributed by atoms with Gasteiger partial charge in [0.15, 0.2) is 0 Å². The largest absolute Gasteiger partial charge is 0.496 e. The molecular weight excluding hydrogens is 320 g/mol. The number of hydrogen-bond donors (Lipinski definition) is 2. The number of carbonyl (C=O) groups excluding carboxylic acids is 1. The molecule has 0 aliphatic carbocycles. The number of fused-ring (bicyclic) bond motifs is 1. The maximum Gasteiger partial charge on any atom is 0.315 e. The summed E-state index contributed by atoms with van der Waals surface area (Å²) >= 11 is 0. The second-order valence-electron chi connectivity index (χ2n) is 6.34. The predicted octanol–water partition coefficient (Wildman–Crippen LogP) is 2.17. The number of nitrogens with zero attached hydrogens (tertiary/aromatic N) is 2. The van der Waals surface area contributed by atoms with Gasteiger partial charge in [0, 0.05) is 24.3 Å². The van der Waals surface area contributed by atoms with Gasteiger partial charge in [-0.25, -0.2) is 9.78 Å². The van der Waals surface area contributed by atoms with Crippen LogP contribution in [0.1, 0.15) is 19.7 Å². The Balaban J connectivity index is 1.66. The molecule has 0 saturated heterocycles. The number of nitrogens with one attached hydrogen (secondary N) is 2. The average molecular weight is 344 g/mol. The summed E-state index contributed by atoms with van der Waals surface area (Å²) in [6.45, 7) is 5.38. The Bertz CT molecular complexity index is 742. The molecular formula is C18H24N4O3. The highest BCUT2D eigenvalue weighted by atomic mass is 16.5. The number of hydrogen-bond acceptors (Lipinski definition) is 4. The number of amides is 2. The van der Waals surface area contributed by atoms with Crippen LogP contribution in [-0.2, 0) is 17.9 Å². The fourth-order valence-electron chi connectivity index (χ4n) is 2.82. The quantitative estimate of drug-likeness (QED) is 0.871. The fourth-order valence-corrected chi connectivity index (χ4v) is 2.82. The lowest BCUT2D eigenvalue weighted by Gasteiger charge is -2.24. The molecule has 1 unspecified atom stereocenters. The Labute approximate surface area is 147 Å². The molecule has 0 bridgehead atoms. The third kappa shape index (κ3) is 4.11. The molecule has 2 heterocycles. The number of aromatic nitrogens is 2. The van der Waals surface area contributed by atoms with Gasteiger partial charge in [-0.2, -0.15) is 0 Å². The van der Waals surface area contributed by atoms with Crippen LogP contribution in [0.4, 0.5) is 4.79 Å². The third-order valence-electron chi connectivity index (χ3n) is 4.00. The van der Waals surface area contributed by atoms with Crippen molar-refractivity contribution in [3.05, 3.63) is 36.3 Å². The van der Waals surface area contributed by atoms with Gasteiger partial charge in [0.05, 0.1) is 25.5 Å². The molecule has 3 rings (SSSR count). The normalized spacial score (nSPS) is 16.4. The molecule has 0 saturated carbocycles. The van der Waals surface area contributed by atoms with E-state index in [9.17, 15) is 4.79 Å². The molecule has 1 aromatic carbocycles. The molecule has 7 nitrogen and oxygen atoms in total. The van der Waals surface area contributed by atoms with Gasteiger partial charge in [-0.05, 0) is 26.0 Å². The standard InChI is InChI=1S/C18H24N4O3/c1-12(2)20-18(23)19-8-13-9-22-10-15(21-17(22)11-25-13)14-6-4-5-7-16(14)24-3/h4-7,10,12-13H,8-9,11H2,1-3H3,(H2,19,20,23). The van der Waals surface area contributed by atoms with Crippen LogP contribution in [0, 0.1) is 0 Å². The molecule has 1 aliphatic rings. The van der Waals surface area contributed by atoms with Crippen molar-refractivity contribution in [2.45, 2.75) is 39.1 Å². The SMILES string of the molecule is COc1ccccc1-c1cn2c(n1)COC(CNC(=O)NC(C)C)C2. The van der Waals surface area contributed by atoms with E-state index in [4.69, 9.17) is 9.47 Å². The highest BCUT2D eigenvalue weighted by Gasteiger charge is 2.22. The Morgan fingerprint density at radius 1 is 1.44 bits per heavy atom. The van der Waals surface area contributed by atoms with Crippen LogP contribution in [0.5, 0.6) is 5.75 Å². The second kappa shape index (κ2) is 7.57. The number of urea groups is 1. The topological polar surface area (TPSA) is 77.4 Å². The zero-order valence-electron chi connectivity index (χ0n) is 14.8. The van der Waals surface area contributed by atoms with Crippen LogP contribution in [-0.4, -0.2) is 41.4 Å². The molecule has 1 aliphatic heterocycles. The summed E-state index contributed by atoms with van der Waals surface area (Å²) in [6, 6.07) is 7.74. The fraction of sp³-hybridized carbons (Fsp3) is 0.444. The summed E-state index contributed by atoms with van der Waals surface area (Å²) in [5, 5.41) is 5.64. The molecule has 0 spiro atoms. The number of ether oxygens (including phenoxy) is 2. The number of carbonyl (C=O) groups is 1. The zero-order chi connectivity index (χ0) is 17.8. The van der Waals surface area contributed by atoms with Gasteiger partial charge in [-0.1, -0.05) is 12.1 Å². The molecule has 2 amide bonds. The van der Waals surface area contributed by atoms with Gasteiger partial charge in [0.2, 0.25) is 0 Å². The van der Waals surface area contributed by atoms with Crippen molar-refractivity contribution in [3.63, 3.8) is 0 Å². The van der Waals surface area contributed by atoms with E-state index in [0.717, 1.165) is 22.8 Å². The van der Waals surface area contributed by atoms with Gasteiger partial charge in [0.1, 0.15) is 18.2 Å². The minimum absolute atomic E-state index is 0.0786. The van der Waals surface area contributed by atoms with E-state index >= 15 is 0 Å². The summed E-state index contributed by atoms with van der Waals surface area (Å²) in [5.74, 6) is 1.67. The third-order valence-corrected chi connectivity index (χ3v) is 4.00. The average Bonchev–Trinajstić information content (AvgIpc) is 3.02. The van der Waals surface area contributed by atoms with E-state index in [-0.39, 0.29) is 18.2 Å². The van der Waals surface area contributed by atoms with E-state index in [0.29, 0.717) is 19.7 Å². The zero-order valence-corrected chi connectivity index (χ0v) is 14.8. The van der Waals surface area contributed by atoms with Gasteiger partial charge in [-0.15, -0.1) is 0 Å². The van der Waals surface area contributed by atoms with Gasteiger partial charge >= 0.3 is 6.03 Å². The number of imidazole rings is 1. The van der Waals surface area contributed by atoms with Crippen molar-refractivity contribution < 1.29 is 14.3 Å². The summed E-state index contributed by atoms with van der Waals surface area (Å²) in [6.07, 6.45) is 1.93. The van der Waals surface area contributed by atoms with Gasteiger partial charge < -0.3 is 24.7 Å². The lowest BCUT2D eigenvalue weighted by atomic mass is 10.1. The van der Waals surface area contributed by atoms with E-state index < -0.39 is 0 Å². The van der Waals surface area contributed by atoms with Crippen molar-refractivity contribution >= 4 is 6.03 Å². The van der Waals surface area contributed by atoms with Gasteiger partial charge in [-0.3, -0.25) is 0 Å². The monoisotopic (exact) mass is 344 g/mol. The first-order valence-electron chi connectivity index (χ1n) is 8.42. The lowest BCUT2D eigenvalue weighted by molar-refractivity contribution is 0.00442. The molecule has 2 N–H and O–H groups in total.